The van der Waals surface area contributed by atoms with Crippen LogP contribution in [-0.4, -0.2) is 25.7 Å². The molecular formula is C16H16ClNO3. The van der Waals surface area contributed by atoms with Gasteiger partial charge in [-0.2, -0.15) is 0 Å². The molecule has 5 heteroatoms. The number of halogens is 1. The highest BCUT2D eigenvalue weighted by atomic mass is 35.5. The summed E-state index contributed by atoms with van der Waals surface area (Å²) in [4.78, 5) is 11.5. The number of anilines is 1. The first-order chi connectivity index (χ1) is 10.2. The molecule has 0 saturated heterocycles. The van der Waals surface area contributed by atoms with Gasteiger partial charge in [-0.3, -0.25) is 4.79 Å². The number of hydrogen-bond donors (Lipinski definition) is 1. The number of hydrogen-bond acceptors (Lipinski definition) is 4. The molecule has 0 unspecified atom stereocenters. The van der Waals surface area contributed by atoms with Crippen molar-refractivity contribution in [3.63, 3.8) is 0 Å². The molecular weight excluding hydrogens is 290 g/mol. The smallest absolute Gasteiger partial charge is 0.325 e. The Kier molecular flexibility index (Phi) is 5.91. The number of benzene rings is 2. The molecule has 0 atom stereocenters. The van der Waals surface area contributed by atoms with Crippen LogP contribution in [0.4, 0.5) is 5.69 Å². The van der Waals surface area contributed by atoms with Crippen molar-refractivity contribution >= 4 is 23.3 Å². The molecule has 2 rings (SSSR count). The van der Waals surface area contributed by atoms with Crippen molar-refractivity contribution in [2.45, 2.75) is 0 Å². The number of nitrogens with one attached hydrogen (secondary N) is 1. The van der Waals surface area contributed by atoms with Crippen molar-refractivity contribution in [1.82, 2.24) is 0 Å². The quantitative estimate of drug-likeness (QED) is 0.629. The minimum atomic E-state index is -0.341. The minimum Gasteiger partial charge on any atom is -0.490 e. The van der Waals surface area contributed by atoms with Gasteiger partial charge in [-0.05, 0) is 30.3 Å². The summed E-state index contributed by atoms with van der Waals surface area (Å²) in [6.45, 7) is 0.629. The van der Waals surface area contributed by atoms with Gasteiger partial charge in [0.05, 0.1) is 0 Å². The first kappa shape index (κ1) is 15.2. The van der Waals surface area contributed by atoms with Gasteiger partial charge in [0, 0.05) is 10.7 Å². The van der Waals surface area contributed by atoms with Gasteiger partial charge >= 0.3 is 5.97 Å². The number of esters is 1. The van der Waals surface area contributed by atoms with Crippen molar-refractivity contribution in [2.24, 2.45) is 0 Å². The third-order valence-electron chi connectivity index (χ3n) is 2.62. The highest BCUT2D eigenvalue weighted by molar-refractivity contribution is 6.30. The van der Waals surface area contributed by atoms with Gasteiger partial charge in [0.2, 0.25) is 0 Å². The molecule has 4 nitrogen and oxygen atoms in total. The predicted octanol–water partition coefficient (Wildman–Crippen LogP) is 3.37. The third kappa shape index (κ3) is 5.75. The monoisotopic (exact) mass is 305 g/mol. The van der Waals surface area contributed by atoms with Crippen molar-refractivity contribution in [1.29, 1.82) is 0 Å². The highest BCUT2D eigenvalue weighted by Gasteiger charge is 2.03. The lowest BCUT2D eigenvalue weighted by molar-refractivity contribution is -0.142. The molecule has 0 aliphatic carbocycles. The van der Waals surface area contributed by atoms with Gasteiger partial charge in [0.25, 0.3) is 0 Å². The summed E-state index contributed by atoms with van der Waals surface area (Å²) < 4.78 is 10.5. The van der Waals surface area contributed by atoms with Gasteiger partial charge in [-0.25, -0.2) is 0 Å². The van der Waals surface area contributed by atoms with Crippen molar-refractivity contribution in [3.8, 4) is 5.75 Å². The number of para-hydroxylation sites is 1. The lowest BCUT2D eigenvalue weighted by Gasteiger charge is -2.08. The second kappa shape index (κ2) is 8.17. The molecule has 0 aromatic heterocycles. The van der Waals surface area contributed by atoms with E-state index >= 15 is 0 Å². The molecule has 0 radical (unpaired) electrons. The van der Waals surface area contributed by atoms with E-state index in [2.05, 4.69) is 5.32 Å². The molecule has 0 spiro atoms. The summed E-state index contributed by atoms with van der Waals surface area (Å²) in [7, 11) is 0. The maximum Gasteiger partial charge on any atom is 0.325 e. The van der Waals surface area contributed by atoms with E-state index < -0.39 is 0 Å². The Labute approximate surface area is 128 Å². The number of carbonyl (C=O) groups excluding carboxylic acids is 1. The lowest BCUT2D eigenvalue weighted by atomic mass is 10.3. The van der Waals surface area contributed by atoms with E-state index in [1.165, 1.54) is 0 Å². The number of rotatable bonds is 7. The summed E-state index contributed by atoms with van der Waals surface area (Å²) in [5, 5.41) is 3.56. The van der Waals surface area contributed by atoms with Crippen LogP contribution in [0.3, 0.4) is 0 Å². The molecule has 2 aromatic rings. The molecule has 2 aromatic carbocycles. The van der Waals surface area contributed by atoms with Gasteiger partial charge in [-0.1, -0.05) is 35.9 Å². The Balaban J connectivity index is 1.62. The molecule has 0 bridgehead atoms. The summed E-state index contributed by atoms with van der Waals surface area (Å²) >= 11 is 5.85. The Morgan fingerprint density at radius 3 is 2.62 bits per heavy atom. The molecule has 0 amide bonds. The Morgan fingerprint density at radius 2 is 1.86 bits per heavy atom. The maximum absolute atomic E-state index is 11.5. The molecule has 21 heavy (non-hydrogen) atoms. The van der Waals surface area contributed by atoms with E-state index in [4.69, 9.17) is 21.1 Å². The Hall–Kier alpha value is -2.20. The average Bonchev–Trinajstić information content (AvgIpc) is 2.51. The van der Waals surface area contributed by atoms with E-state index in [1.54, 1.807) is 12.1 Å². The third-order valence-corrected chi connectivity index (χ3v) is 2.85. The molecule has 110 valence electrons. The van der Waals surface area contributed by atoms with Gasteiger partial charge in [0.15, 0.2) is 0 Å². The van der Waals surface area contributed by atoms with Crippen molar-refractivity contribution < 1.29 is 14.3 Å². The zero-order chi connectivity index (χ0) is 14.9. The summed E-state index contributed by atoms with van der Waals surface area (Å²) in [5.74, 6) is 0.414. The van der Waals surface area contributed by atoms with E-state index in [1.807, 2.05) is 42.5 Å². The Morgan fingerprint density at radius 1 is 1.05 bits per heavy atom. The fraction of sp³-hybridized carbons (Fsp3) is 0.188. The minimum absolute atomic E-state index is 0.0890. The van der Waals surface area contributed by atoms with Crippen LogP contribution in [0.15, 0.2) is 54.6 Å². The molecule has 0 heterocycles. The van der Waals surface area contributed by atoms with E-state index in [-0.39, 0.29) is 19.1 Å². The molecule has 0 saturated carbocycles. The standard InChI is InChI=1S/C16H16ClNO3/c17-13-5-4-6-14(11-13)18-12-16(19)21-10-9-20-15-7-2-1-3-8-15/h1-8,11,18H,9-10,12H2. The van der Waals surface area contributed by atoms with Crippen LogP contribution in [0.5, 0.6) is 5.75 Å². The SMILES string of the molecule is O=C(CNc1cccc(Cl)c1)OCCOc1ccccc1. The summed E-state index contributed by atoms with van der Waals surface area (Å²) in [6, 6.07) is 16.5. The van der Waals surface area contributed by atoms with Crippen LogP contribution < -0.4 is 10.1 Å². The molecule has 0 aliphatic heterocycles. The fourth-order valence-corrected chi connectivity index (χ4v) is 1.85. The van der Waals surface area contributed by atoms with Crippen LogP contribution >= 0.6 is 11.6 Å². The summed E-state index contributed by atoms with van der Waals surface area (Å²) in [5.41, 5.74) is 0.778. The average molecular weight is 306 g/mol. The number of carbonyl (C=O) groups is 1. The topological polar surface area (TPSA) is 47.6 Å². The van der Waals surface area contributed by atoms with Gasteiger partial charge in [0.1, 0.15) is 25.5 Å². The van der Waals surface area contributed by atoms with Crippen LogP contribution in [-0.2, 0) is 9.53 Å². The highest BCUT2D eigenvalue weighted by Crippen LogP contribution is 2.14. The molecule has 1 N–H and O–H groups in total. The zero-order valence-electron chi connectivity index (χ0n) is 11.4. The first-order valence-electron chi connectivity index (χ1n) is 6.57. The largest absolute Gasteiger partial charge is 0.490 e. The van der Waals surface area contributed by atoms with Gasteiger partial charge < -0.3 is 14.8 Å². The normalized spacial score (nSPS) is 9.95. The maximum atomic E-state index is 11.5. The van der Waals surface area contributed by atoms with Crippen LogP contribution in [0.25, 0.3) is 0 Å². The first-order valence-corrected chi connectivity index (χ1v) is 6.95. The lowest BCUT2D eigenvalue weighted by Crippen LogP contribution is -2.19. The number of ether oxygens (including phenoxy) is 2. The molecule has 0 aliphatic rings. The zero-order valence-corrected chi connectivity index (χ0v) is 12.2. The second-order valence-electron chi connectivity index (χ2n) is 4.25. The predicted molar refractivity (Wildman–Crippen MR) is 82.8 cm³/mol. The van der Waals surface area contributed by atoms with Crippen LogP contribution in [0.1, 0.15) is 0 Å². The van der Waals surface area contributed by atoms with Crippen molar-refractivity contribution in [3.05, 3.63) is 59.6 Å². The fourth-order valence-electron chi connectivity index (χ4n) is 1.66. The van der Waals surface area contributed by atoms with Crippen molar-refractivity contribution in [2.75, 3.05) is 25.1 Å². The summed E-state index contributed by atoms with van der Waals surface area (Å²) in [6.07, 6.45) is 0. The van der Waals surface area contributed by atoms with Gasteiger partial charge in [-0.15, -0.1) is 0 Å². The van der Waals surface area contributed by atoms with E-state index in [0.717, 1.165) is 11.4 Å². The van der Waals surface area contributed by atoms with E-state index in [9.17, 15) is 4.79 Å². The van der Waals surface area contributed by atoms with Crippen LogP contribution in [0.2, 0.25) is 5.02 Å². The Bertz CT molecular complexity index is 575. The van der Waals surface area contributed by atoms with E-state index in [0.29, 0.717) is 11.6 Å². The second-order valence-corrected chi connectivity index (χ2v) is 4.68. The van der Waals surface area contributed by atoms with Crippen LogP contribution in [0, 0.1) is 0 Å². The molecule has 0 fully saturated rings.